The van der Waals surface area contributed by atoms with Gasteiger partial charge in [0.1, 0.15) is 19.3 Å². The predicted octanol–water partition coefficient (Wildman–Crippen LogP) is 3.92. The molecule has 0 aliphatic heterocycles. The number of halogens is 2. The number of nitrogens with one attached hydrogen (secondary N) is 1. The SMILES string of the molecule is COc1cccc(CNn2cnnc2)c1OCc1ccc(Cl)cc1Cl. The molecule has 0 unspecified atom stereocenters. The van der Waals surface area contributed by atoms with Gasteiger partial charge in [0.15, 0.2) is 11.5 Å². The highest BCUT2D eigenvalue weighted by atomic mass is 35.5. The fraction of sp³-hybridized carbons (Fsp3) is 0.176. The molecule has 1 aromatic heterocycles. The highest BCUT2D eigenvalue weighted by Crippen LogP contribution is 2.32. The van der Waals surface area contributed by atoms with Crippen molar-refractivity contribution in [1.82, 2.24) is 14.9 Å². The third kappa shape index (κ3) is 4.35. The molecule has 2 aromatic carbocycles. The van der Waals surface area contributed by atoms with Gasteiger partial charge in [-0.2, -0.15) is 0 Å². The summed E-state index contributed by atoms with van der Waals surface area (Å²) in [4.78, 5) is 0. The summed E-state index contributed by atoms with van der Waals surface area (Å²) >= 11 is 12.1. The van der Waals surface area contributed by atoms with Gasteiger partial charge in [0.25, 0.3) is 0 Å². The Hall–Kier alpha value is -2.44. The summed E-state index contributed by atoms with van der Waals surface area (Å²) in [5.41, 5.74) is 4.93. The number of para-hydroxylation sites is 1. The standard InChI is InChI=1S/C17H16Cl2N4O2/c1-24-16-4-2-3-12(8-22-23-10-20-21-11-23)17(16)25-9-13-5-6-14(18)7-15(13)19/h2-7,10-11,22H,8-9H2,1H3. The first-order valence-corrected chi connectivity index (χ1v) is 8.24. The molecule has 0 fully saturated rings. The second kappa shape index (κ2) is 8.09. The van der Waals surface area contributed by atoms with Crippen LogP contribution in [0.4, 0.5) is 0 Å². The number of rotatable bonds is 7. The second-order valence-electron chi connectivity index (χ2n) is 5.18. The Morgan fingerprint density at radius 3 is 2.60 bits per heavy atom. The van der Waals surface area contributed by atoms with Crippen molar-refractivity contribution < 1.29 is 9.47 Å². The zero-order valence-electron chi connectivity index (χ0n) is 13.4. The molecule has 8 heteroatoms. The van der Waals surface area contributed by atoms with Gasteiger partial charge in [-0.1, -0.05) is 41.4 Å². The summed E-state index contributed by atoms with van der Waals surface area (Å²) in [5.74, 6) is 1.30. The van der Waals surface area contributed by atoms with E-state index in [1.54, 1.807) is 36.6 Å². The van der Waals surface area contributed by atoms with E-state index in [-0.39, 0.29) is 0 Å². The number of benzene rings is 2. The molecule has 0 spiro atoms. The van der Waals surface area contributed by atoms with Crippen LogP contribution in [0.3, 0.4) is 0 Å². The maximum absolute atomic E-state index is 6.21. The summed E-state index contributed by atoms with van der Waals surface area (Å²) in [6.45, 7) is 0.814. The molecule has 0 saturated heterocycles. The van der Waals surface area contributed by atoms with Crippen molar-refractivity contribution in [3.8, 4) is 11.5 Å². The van der Waals surface area contributed by atoms with Crippen molar-refractivity contribution in [2.45, 2.75) is 13.2 Å². The first kappa shape index (κ1) is 17.4. The quantitative estimate of drug-likeness (QED) is 0.674. The van der Waals surface area contributed by atoms with Gasteiger partial charge in [0.05, 0.1) is 13.7 Å². The molecule has 3 rings (SSSR count). The third-order valence-electron chi connectivity index (χ3n) is 3.54. The number of ether oxygens (including phenoxy) is 2. The van der Waals surface area contributed by atoms with Gasteiger partial charge in [0.2, 0.25) is 0 Å². The Bertz CT molecular complexity index is 841. The monoisotopic (exact) mass is 378 g/mol. The van der Waals surface area contributed by atoms with Crippen molar-refractivity contribution in [3.05, 3.63) is 70.2 Å². The highest BCUT2D eigenvalue weighted by Gasteiger charge is 2.12. The lowest BCUT2D eigenvalue weighted by atomic mass is 10.2. The normalized spacial score (nSPS) is 10.5. The van der Waals surface area contributed by atoms with E-state index in [0.717, 1.165) is 11.1 Å². The number of hydrogen-bond donors (Lipinski definition) is 1. The van der Waals surface area contributed by atoms with Gasteiger partial charge < -0.3 is 14.9 Å². The lowest BCUT2D eigenvalue weighted by Gasteiger charge is -2.16. The first-order chi connectivity index (χ1) is 12.2. The Morgan fingerprint density at radius 1 is 1.08 bits per heavy atom. The van der Waals surface area contributed by atoms with E-state index < -0.39 is 0 Å². The van der Waals surface area contributed by atoms with Crippen LogP contribution in [0.1, 0.15) is 11.1 Å². The molecule has 0 atom stereocenters. The van der Waals surface area contributed by atoms with Crippen LogP contribution >= 0.6 is 23.2 Å². The lowest BCUT2D eigenvalue weighted by molar-refractivity contribution is 0.281. The Morgan fingerprint density at radius 2 is 1.88 bits per heavy atom. The van der Waals surface area contributed by atoms with Gasteiger partial charge in [0, 0.05) is 21.2 Å². The van der Waals surface area contributed by atoms with E-state index in [1.165, 1.54) is 0 Å². The molecule has 0 radical (unpaired) electrons. The fourth-order valence-electron chi connectivity index (χ4n) is 2.27. The van der Waals surface area contributed by atoms with E-state index >= 15 is 0 Å². The molecule has 0 aliphatic carbocycles. The summed E-state index contributed by atoms with van der Waals surface area (Å²) < 4.78 is 13.1. The zero-order chi connectivity index (χ0) is 17.6. The maximum atomic E-state index is 6.21. The molecule has 3 aromatic rings. The van der Waals surface area contributed by atoms with Gasteiger partial charge in [-0.05, 0) is 18.2 Å². The van der Waals surface area contributed by atoms with Crippen molar-refractivity contribution >= 4 is 23.2 Å². The van der Waals surface area contributed by atoms with Crippen molar-refractivity contribution in [1.29, 1.82) is 0 Å². The minimum Gasteiger partial charge on any atom is -0.493 e. The summed E-state index contributed by atoms with van der Waals surface area (Å²) in [5, 5.41) is 8.65. The largest absolute Gasteiger partial charge is 0.493 e. The van der Waals surface area contributed by atoms with Crippen molar-refractivity contribution in [3.63, 3.8) is 0 Å². The molecule has 0 aliphatic rings. The van der Waals surface area contributed by atoms with Gasteiger partial charge >= 0.3 is 0 Å². The topological polar surface area (TPSA) is 61.2 Å². The van der Waals surface area contributed by atoms with Gasteiger partial charge in [-0.3, -0.25) is 0 Å². The van der Waals surface area contributed by atoms with E-state index in [1.807, 2.05) is 24.3 Å². The average molecular weight is 379 g/mol. The first-order valence-electron chi connectivity index (χ1n) is 7.48. The van der Waals surface area contributed by atoms with E-state index in [0.29, 0.717) is 34.7 Å². The summed E-state index contributed by atoms with van der Waals surface area (Å²) in [7, 11) is 1.61. The van der Waals surface area contributed by atoms with Crippen LogP contribution in [-0.2, 0) is 13.2 Å². The Kier molecular flexibility index (Phi) is 5.63. The van der Waals surface area contributed by atoms with Crippen molar-refractivity contribution in [2.75, 3.05) is 12.5 Å². The van der Waals surface area contributed by atoms with Crippen molar-refractivity contribution in [2.24, 2.45) is 0 Å². The van der Waals surface area contributed by atoms with Gasteiger partial charge in [-0.15, -0.1) is 10.2 Å². The molecule has 1 heterocycles. The van der Waals surface area contributed by atoms with Crippen LogP contribution < -0.4 is 14.9 Å². The predicted molar refractivity (Wildman–Crippen MR) is 96.9 cm³/mol. The minimum atomic E-state index is 0.302. The number of nitrogens with zero attached hydrogens (tertiary/aromatic N) is 3. The number of methoxy groups -OCH3 is 1. The van der Waals surface area contributed by atoms with E-state index in [9.17, 15) is 0 Å². The van der Waals surface area contributed by atoms with Gasteiger partial charge in [-0.25, -0.2) is 4.68 Å². The second-order valence-corrected chi connectivity index (χ2v) is 6.02. The lowest BCUT2D eigenvalue weighted by Crippen LogP contribution is -2.13. The molecular weight excluding hydrogens is 363 g/mol. The molecular formula is C17H16Cl2N4O2. The highest BCUT2D eigenvalue weighted by molar-refractivity contribution is 6.35. The molecule has 0 amide bonds. The molecule has 6 nitrogen and oxygen atoms in total. The van der Waals surface area contributed by atoms with Crippen LogP contribution in [0.5, 0.6) is 11.5 Å². The minimum absolute atomic E-state index is 0.302. The molecule has 25 heavy (non-hydrogen) atoms. The number of hydrogen-bond acceptors (Lipinski definition) is 5. The van der Waals surface area contributed by atoms with Crippen LogP contribution in [0.2, 0.25) is 10.0 Å². The molecule has 0 bridgehead atoms. The zero-order valence-corrected chi connectivity index (χ0v) is 15.0. The fourth-order valence-corrected chi connectivity index (χ4v) is 2.74. The van der Waals surface area contributed by atoms with E-state index in [2.05, 4.69) is 15.6 Å². The van der Waals surface area contributed by atoms with Crippen LogP contribution in [0.15, 0.2) is 49.1 Å². The van der Waals surface area contributed by atoms with Crippen LogP contribution in [0.25, 0.3) is 0 Å². The Labute approximate surface area is 155 Å². The average Bonchev–Trinajstić information content (AvgIpc) is 3.13. The maximum Gasteiger partial charge on any atom is 0.166 e. The Balaban J connectivity index is 1.78. The van der Waals surface area contributed by atoms with E-state index in [4.69, 9.17) is 32.7 Å². The third-order valence-corrected chi connectivity index (χ3v) is 4.13. The summed E-state index contributed by atoms with van der Waals surface area (Å²) in [6, 6.07) is 11.0. The van der Waals surface area contributed by atoms with Crippen LogP contribution in [-0.4, -0.2) is 22.0 Å². The molecule has 1 N–H and O–H groups in total. The smallest absolute Gasteiger partial charge is 0.166 e. The molecule has 0 saturated carbocycles. The number of aromatic nitrogens is 3. The van der Waals surface area contributed by atoms with Crippen LogP contribution in [0, 0.1) is 0 Å². The summed E-state index contributed by atoms with van der Waals surface area (Å²) in [6.07, 6.45) is 3.16. The molecule has 130 valence electrons.